The Kier molecular flexibility index (Phi) is 2.39. The molecule has 1 aromatic rings. The van der Waals surface area contributed by atoms with Crippen LogP contribution in [0.3, 0.4) is 0 Å². The van der Waals surface area contributed by atoms with E-state index >= 15 is 0 Å². The quantitative estimate of drug-likeness (QED) is 0.717. The molecule has 2 amide bonds. The number of aromatic amines is 1. The maximum Gasteiger partial charge on any atom is 0.271 e. The highest BCUT2D eigenvalue weighted by Crippen LogP contribution is 2.40. The van der Waals surface area contributed by atoms with Crippen molar-refractivity contribution < 1.29 is 9.59 Å². The summed E-state index contributed by atoms with van der Waals surface area (Å²) in [6, 6.07) is 1.68. The molecule has 0 aromatic carbocycles. The number of hydrogen-bond acceptors (Lipinski definition) is 3. The molecule has 18 heavy (non-hydrogen) atoms. The van der Waals surface area contributed by atoms with Crippen molar-refractivity contribution in [2.45, 2.75) is 12.8 Å². The number of rotatable bonds is 1. The third-order valence-corrected chi connectivity index (χ3v) is 4.08. The third-order valence-electron chi connectivity index (χ3n) is 4.08. The van der Waals surface area contributed by atoms with Crippen molar-refractivity contribution in [2.75, 3.05) is 26.7 Å². The van der Waals surface area contributed by atoms with Gasteiger partial charge in [0.1, 0.15) is 5.69 Å². The topological polar surface area (TPSA) is 69.3 Å². The van der Waals surface area contributed by atoms with E-state index in [-0.39, 0.29) is 17.2 Å². The number of amides is 2. The molecular formula is C12H16N4O2. The largest absolute Gasteiger partial charge is 0.344 e. The number of β-lactam (4-membered cyclic amide) rings is 1. The van der Waals surface area contributed by atoms with Gasteiger partial charge in [-0.1, -0.05) is 0 Å². The fourth-order valence-electron chi connectivity index (χ4n) is 2.96. The van der Waals surface area contributed by atoms with E-state index in [1.807, 2.05) is 7.05 Å². The Hall–Kier alpha value is -1.85. The molecule has 96 valence electrons. The molecule has 0 radical (unpaired) electrons. The molecule has 1 N–H and O–H groups in total. The zero-order valence-corrected chi connectivity index (χ0v) is 10.3. The Bertz CT molecular complexity index is 474. The molecule has 3 heterocycles. The van der Waals surface area contributed by atoms with Gasteiger partial charge in [0.15, 0.2) is 0 Å². The van der Waals surface area contributed by atoms with E-state index in [0.29, 0.717) is 18.8 Å². The van der Waals surface area contributed by atoms with Gasteiger partial charge in [-0.25, -0.2) is 0 Å². The molecule has 6 nitrogen and oxygen atoms in total. The number of nitrogens with zero attached hydrogens (tertiary/aromatic N) is 3. The summed E-state index contributed by atoms with van der Waals surface area (Å²) in [5, 5.41) is 6.47. The average molecular weight is 248 g/mol. The highest BCUT2D eigenvalue weighted by molar-refractivity contribution is 5.93. The maximum absolute atomic E-state index is 12.1. The number of piperidine rings is 1. The fourth-order valence-corrected chi connectivity index (χ4v) is 2.96. The second kappa shape index (κ2) is 3.83. The Balaban J connectivity index is 1.64. The molecule has 0 unspecified atom stereocenters. The van der Waals surface area contributed by atoms with E-state index < -0.39 is 0 Å². The highest BCUT2D eigenvalue weighted by atomic mass is 16.2. The zero-order valence-electron chi connectivity index (χ0n) is 10.3. The predicted octanol–water partition coefficient (Wildman–Crippen LogP) is 0.104. The predicted molar refractivity (Wildman–Crippen MR) is 63.8 cm³/mol. The Labute approximate surface area is 105 Å². The lowest BCUT2D eigenvalue weighted by molar-refractivity contribution is -0.161. The minimum Gasteiger partial charge on any atom is -0.344 e. The third kappa shape index (κ3) is 1.52. The highest BCUT2D eigenvalue weighted by Gasteiger charge is 2.51. The number of aromatic nitrogens is 2. The van der Waals surface area contributed by atoms with E-state index in [0.717, 1.165) is 19.4 Å². The van der Waals surface area contributed by atoms with E-state index in [1.54, 1.807) is 22.1 Å². The van der Waals surface area contributed by atoms with Crippen molar-refractivity contribution in [2.24, 2.45) is 5.41 Å². The molecule has 0 bridgehead atoms. The smallest absolute Gasteiger partial charge is 0.271 e. The van der Waals surface area contributed by atoms with Crippen LogP contribution >= 0.6 is 0 Å². The zero-order chi connectivity index (χ0) is 12.8. The first-order chi connectivity index (χ1) is 8.62. The van der Waals surface area contributed by atoms with Crippen LogP contribution in [0.4, 0.5) is 0 Å². The van der Waals surface area contributed by atoms with Crippen LogP contribution in [0.1, 0.15) is 23.3 Å². The first-order valence-corrected chi connectivity index (χ1v) is 6.17. The van der Waals surface area contributed by atoms with Gasteiger partial charge in [-0.15, -0.1) is 0 Å². The van der Waals surface area contributed by atoms with Gasteiger partial charge in [0.25, 0.3) is 5.91 Å². The van der Waals surface area contributed by atoms with Crippen molar-refractivity contribution in [3.8, 4) is 0 Å². The fraction of sp³-hybridized carbons (Fsp3) is 0.583. The number of carbonyl (C=O) groups excluding carboxylic acids is 2. The summed E-state index contributed by atoms with van der Waals surface area (Å²) in [4.78, 5) is 27.5. The van der Waals surface area contributed by atoms with Crippen molar-refractivity contribution >= 4 is 11.8 Å². The molecule has 3 rings (SSSR count). The molecule has 2 saturated heterocycles. The SMILES string of the molecule is CN1CC2(CCN(C(=O)c3ccn[nH]3)CC2)C1=O. The summed E-state index contributed by atoms with van der Waals surface area (Å²) >= 11 is 0. The molecule has 2 aliphatic rings. The molecule has 0 aliphatic carbocycles. The van der Waals surface area contributed by atoms with Gasteiger partial charge in [0, 0.05) is 32.9 Å². The summed E-state index contributed by atoms with van der Waals surface area (Å²) in [7, 11) is 1.83. The van der Waals surface area contributed by atoms with Gasteiger partial charge in [-0.3, -0.25) is 14.7 Å². The molecule has 2 fully saturated rings. The first-order valence-electron chi connectivity index (χ1n) is 6.17. The number of hydrogen-bond donors (Lipinski definition) is 1. The summed E-state index contributed by atoms with van der Waals surface area (Å²) < 4.78 is 0. The van der Waals surface area contributed by atoms with Gasteiger partial charge in [0.05, 0.1) is 5.41 Å². The Morgan fingerprint density at radius 3 is 2.67 bits per heavy atom. The lowest BCUT2D eigenvalue weighted by Gasteiger charge is -2.51. The van der Waals surface area contributed by atoms with Gasteiger partial charge >= 0.3 is 0 Å². The second-order valence-corrected chi connectivity index (χ2v) is 5.20. The minimum absolute atomic E-state index is 0.0255. The Morgan fingerprint density at radius 2 is 2.17 bits per heavy atom. The van der Waals surface area contributed by atoms with Crippen LogP contribution < -0.4 is 0 Å². The van der Waals surface area contributed by atoms with Crippen LogP contribution in [0, 0.1) is 5.41 Å². The molecule has 0 atom stereocenters. The Morgan fingerprint density at radius 1 is 1.44 bits per heavy atom. The standard InChI is InChI=1S/C12H16N4O2/c1-15-8-12(11(15)18)3-6-16(7-4-12)10(17)9-2-5-13-14-9/h2,5H,3-4,6-8H2,1H3,(H,13,14). The molecule has 1 aromatic heterocycles. The van der Waals surface area contributed by atoms with E-state index in [1.165, 1.54) is 0 Å². The van der Waals surface area contributed by atoms with Crippen LogP contribution in [0.15, 0.2) is 12.3 Å². The molecule has 1 spiro atoms. The van der Waals surface area contributed by atoms with Crippen LogP contribution in [0.5, 0.6) is 0 Å². The van der Waals surface area contributed by atoms with Crippen LogP contribution in [-0.2, 0) is 4.79 Å². The molecule has 2 aliphatic heterocycles. The first kappa shape index (κ1) is 11.3. The molecule has 6 heteroatoms. The van der Waals surface area contributed by atoms with Crippen molar-refractivity contribution in [3.05, 3.63) is 18.0 Å². The monoisotopic (exact) mass is 248 g/mol. The summed E-state index contributed by atoms with van der Waals surface area (Å²) in [5.74, 6) is 0.207. The summed E-state index contributed by atoms with van der Waals surface area (Å²) in [6.45, 7) is 2.13. The normalized spacial score (nSPS) is 22.2. The van der Waals surface area contributed by atoms with Crippen LogP contribution in [0.25, 0.3) is 0 Å². The maximum atomic E-state index is 12.1. The average Bonchev–Trinajstić information content (AvgIpc) is 2.92. The second-order valence-electron chi connectivity index (χ2n) is 5.20. The van der Waals surface area contributed by atoms with Crippen LogP contribution in [-0.4, -0.2) is 58.5 Å². The number of H-pyrrole nitrogens is 1. The van der Waals surface area contributed by atoms with Gasteiger partial charge in [0.2, 0.25) is 5.91 Å². The molecule has 0 saturated carbocycles. The number of carbonyl (C=O) groups is 2. The lowest BCUT2D eigenvalue weighted by atomic mass is 9.71. The van der Waals surface area contributed by atoms with Crippen molar-refractivity contribution in [3.63, 3.8) is 0 Å². The number of likely N-dealkylation sites (tertiary alicyclic amines) is 2. The van der Waals surface area contributed by atoms with Gasteiger partial charge in [-0.05, 0) is 18.9 Å². The minimum atomic E-state index is -0.181. The van der Waals surface area contributed by atoms with E-state index in [4.69, 9.17) is 0 Å². The molecular weight excluding hydrogens is 232 g/mol. The van der Waals surface area contributed by atoms with Crippen LogP contribution in [0.2, 0.25) is 0 Å². The van der Waals surface area contributed by atoms with Crippen molar-refractivity contribution in [1.29, 1.82) is 0 Å². The number of nitrogens with one attached hydrogen (secondary N) is 1. The lowest BCUT2D eigenvalue weighted by Crippen LogP contribution is -2.63. The van der Waals surface area contributed by atoms with Gasteiger partial charge in [-0.2, -0.15) is 5.10 Å². The summed E-state index contributed by atoms with van der Waals surface area (Å²) in [6.07, 6.45) is 3.12. The van der Waals surface area contributed by atoms with Gasteiger partial charge < -0.3 is 9.80 Å². The van der Waals surface area contributed by atoms with E-state index in [9.17, 15) is 9.59 Å². The van der Waals surface area contributed by atoms with Crippen molar-refractivity contribution in [1.82, 2.24) is 20.0 Å². The summed E-state index contributed by atoms with van der Waals surface area (Å²) in [5.41, 5.74) is 0.336. The van der Waals surface area contributed by atoms with E-state index in [2.05, 4.69) is 10.2 Å².